The number of anilines is 1. The molecule has 6 nitrogen and oxygen atoms in total. The fourth-order valence-corrected chi connectivity index (χ4v) is 3.61. The van der Waals surface area contributed by atoms with E-state index in [4.69, 9.17) is 0 Å². The van der Waals surface area contributed by atoms with E-state index in [9.17, 15) is 4.79 Å². The Labute approximate surface area is 183 Å². The van der Waals surface area contributed by atoms with Crippen LogP contribution >= 0.6 is 0 Å². The van der Waals surface area contributed by atoms with Crippen molar-refractivity contribution in [2.45, 2.75) is 6.92 Å². The molecule has 6 heteroatoms. The Kier molecular flexibility index (Phi) is 6.09. The second-order valence-electron chi connectivity index (χ2n) is 7.82. The summed E-state index contributed by atoms with van der Waals surface area (Å²) in [4.78, 5) is 26.4. The van der Waals surface area contributed by atoms with Crippen molar-refractivity contribution in [3.63, 3.8) is 0 Å². The molecule has 0 bridgehead atoms. The quantitative estimate of drug-likeness (QED) is 0.687. The minimum Gasteiger partial charge on any atom is -0.369 e. The van der Waals surface area contributed by atoms with Gasteiger partial charge in [0.15, 0.2) is 0 Å². The molecule has 1 fully saturated rings. The first-order valence-electron chi connectivity index (χ1n) is 10.4. The Morgan fingerprint density at radius 2 is 1.68 bits per heavy atom. The first kappa shape index (κ1) is 20.8. The Bertz CT molecular complexity index is 1070. The van der Waals surface area contributed by atoms with Crippen LogP contribution in [0, 0.1) is 6.92 Å². The lowest BCUT2D eigenvalue weighted by Crippen LogP contribution is -2.43. The Morgan fingerprint density at radius 1 is 1.00 bits per heavy atom. The Hall–Kier alpha value is -3.51. The number of rotatable bonds is 5. The van der Waals surface area contributed by atoms with Gasteiger partial charge in [-0.3, -0.25) is 9.78 Å². The van der Waals surface area contributed by atoms with Gasteiger partial charge in [-0.1, -0.05) is 49.0 Å². The number of piperazine rings is 1. The molecule has 158 valence electrons. The van der Waals surface area contributed by atoms with E-state index < -0.39 is 0 Å². The van der Waals surface area contributed by atoms with Crippen molar-refractivity contribution in [3.05, 3.63) is 84.3 Å². The number of aromatic nitrogens is 2. The normalized spacial score (nSPS) is 14.3. The summed E-state index contributed by atoms with van der Waals surface area (Å²) in [6, 6.07) is 17.5. The average Bonchev–Trinajstić information content (AvgIpc) is 2.80. The lowest BCUT2D eigenvalue weighted by atomic mass is 10.1. The van der Waals surface area contributed by atoms with Crippen molar-refractivity contribution in [1.29, 1.82) is 0 Å². The number of para-hydroxylation sites is 1. The van der Waals surface area contributed by atoms with Gasteiger partial charge in [-0.25, -0.2) is 4.98 Å². The molecule has 1 aliphatic heterocycles. The Morgan fingerprint density at radius 3 is 2.35 bits per heavy atom. The van der Waals surface area contributed by atoms with Gasteiger partial charge < -0.3 is 15.1 Å². The van der Waals surface area contributed by atoms with Crippen molar-refractivity contribution in [3.8, 4) is 11.3 Å². The van der Waals surface area contributed by atoms with Gasteiger partial charge in [-0.2, -0.15) is 0 Å². The number of nitrogens with zero attached hydrogens (tertiary/aromatic N) is 4. The van der Waals surface area contributed by atoms with Gasteiger partial charge in [-0.15, -0.1) is 0 Å². The molecule has 3 aromatic rings. The highest BCUT2D eigenvalue weighted by molar-refractivity contribution is 6.03. The van der Waals surface area contributed by atoms with Crippen LogP contribution in [0.3, 0.4) is 0 Å². The molecule has 0 atom stereocenters. The summed E-state index contributed by atoms with van der Waals surface area (Å²) in [6.07, 6.45) is 1.71. The summed E-state index contributed by atoms with van der Waals surface area (Å²) >= 11 is 0. The zero-order valence-corrected chi connectivity index (χ0v) is 18.0. The fraction of sp³-hybridized carbons (Fsp3) is 0.240. The van der Waals surface area contributed by atoms with E-state index in [-0.39, 0.29) is 5.91 Å². The standard InChI is InChI=1S/C25H27N5O/c1-18-24(25(31)27-22-7-5-4-6-8-22)28-23(17-26-18)21-11-9-20(10-12-21)19(2)30-15-13-29(3)14-16-30/h4-12,17H,2,13-16H2,1,3H3,(H,27,31). The second kappa shape index (κ2) is 9.10. The van der Waals surface area contributed by atoms with E-state index in [1.54, 1.807) is 13.1 Å². The molecule has 1 saturated heterocycles. The third kappa shape index (κ3) is 4.81. The summed E-state index contributed by atoms with van der Waals surface area (Å²) < 4.78 is 0. The number of amides is 1. The first-order chi connectivity index (χ1) is 15.0. The summed E-state index contributed by atoms with van der Waals surface area (Å²) in [5.41, 5.74) is 5.36. The number of benzene rings is 2. The number of nitrogens with one attached hydrogen (secondary N) is 1. The highest BCUT2D eigenvalue weighted by atomic mass is 16.1. The van der Waals surface area contributed by atoms with Crippen molar-refractivity contribution >= 4 is 17.3 Å². The van der Waals surface area contributed by atoms with Gasteiger partial charge in [-0.05, 0) is 31.7 Å². The number of likely N-dealkylation sites (N-methyl/N-ethyl adjacent to an activating group) is 1. The zero-order valence-electron chi connectivity index (χ0n) is 18.0. The van der Waals surface area contributed by atoms with Crippen LogP contribution in [0.25, 0.3) is 17.0 Å². The largest absolute Gasteiger partial charge is 0.369 e. The Balaban J connectivity index is 1.51. The maximum absolute atomic E-state index is 12.7. The molecule has 4 rings (SSSR count). The lowest BCUT2D eigenvalue weighted by Gasteiger charge is -2.35. The van der Waals surface area contributed by atoms with Gasteiger partial charge >= 0.3 is 0 Å². The predicted molar refractivity (Wildman–Crippen MR) is 125 cm³/mol. The SMILES string of the molecule is C=C(c1ccc(-c2cnc(C)c(C(=O)Nc3ccccc3)n2)cc1)N1CCN(C)CC1. The molecule has 0 unspecified atom stereocenters. The number of hydrogen-bond donors (Lipinski definition) is 1. The molecule has 0 radical (unpaired) electrons. The van der Waals surface area contributed by atoms with Crippen LogP contribution in [-0.4, -0.2) is 58.9 Å². The van der Waals surface area contributed by atoms with Crippen molar-refractivity contribution in [1.82, 2.24) is 19.8 Å². The molecular weight excluding hydrogens is 386 g/mol. The molecular formula is C25H27N5O. The predicted octanol–water partition coefficient (Wildman–Crippen LogP) is 3.92. The molecule has 1 amide bonds. The summed E-state index contributed by atoms with van der Waals surface area (Å²) in [5, 5.41) is 2.88. The van der Waals surface area contributed by atoms with Crippen molar-refractivity contribution < 1.29 is 4.79 Å². The van der Waals surface area contributed by atoms with Gasteiger partial charge in [0, 0.05) is 43.1 Å². The molecule has 0 saturated carbocycles. The molecule has 1 N–H and O–H groups in total. The molecule has 2 aromatic carbocycles. The molecule has 0 aliphatic carbocycles. The average molecular weight is 414 g/mol. The fourth-order valence-electron chi connectivity index (χ4n) is 3.61. The van der Waals surface area contributed by atoms with Gasteiger partial charge in [0.2, 0.25) is 0 Å². The van der Waals surface area contributed by atoms with Gasteiger partial charge in [0.25, 0.3) is 5.91 Å². The van der Waals surface area contributed by atoms with Crippen LogP contribution in [0.15, 0.2) is 67.4 Å². The highest BCUT2D eigenvalue weighted by Crippen LogP contribution is 2.24. The van der Waals surface area contributed by atoms with E-state index in [0.29, 0.717) is 17.1 Å². The van der Waals surface area contributed by atoms with E-state index in [0.717, 1.165) is 48.7 Å². The lowest BCUT2D eigenvalue weighted by molar-refractivity contribution is 0.102. The van der Waals surface area contributed by atoms with Crippen LogP contribution < -0.4 is 5.32 Å². The number of hydrogen-bond acceptors (Lipinski definition) is 5. The molecule has 1 aliphatic rings. The third-order valence-corrected chi connectivity index (χ3v) is 5.60. The van der Waals surface area contributed by atoms with Crippen molar-refractivity contribution in [2.24, 2.45) is 0 Å². The second-order valence-corrected chi connectivity index (χ2v) is 7.82. The van der Waals surface area contributed by atoms with Crippen LogP contribution in [0.2, 0.25) is 0 Å². The van der Waals surface area contributed by atoms with Crippen molar-refractivity contribution in [2.75, 3.05) is 38.5 Å². The first-order valence-corrected chi connectivity index (χ1v) is 10.4. The minimum atomic E-state index is -0.266. The monoisotopic (exact) mass is 413 g/mol. The smallest absolute Gasteiger partial charge is 0.276 e. The van der Waals surface area contributed by atoms with Crippen LogP contribution in [0.1, 0.15) is 21.7 Å². The highest BCUT2D eigenvalue weighted by Gasteiger charge is 2.17. The summed E-state index contributed by atoms with van der Waals surface area (Å²) in [5.74, 6) is -0.266. The maximum Gasteiger partial charge on any atom is 0.276 e. The van der Waals surface area contributed by atoms with Crippen LogP contribution in [-0.2, 0) is 0 Å². The van der Waals surface area contributed by atoms with E-state index >= 15 is 0 Å². The van der Waals surface area contributed by atoms with Gasteiger partial charge in [0.1, 0.15) is 5.69 Å². The number of aryl methyl sites for hydroxylation is 1. The van der Waals surface area contributed by atoms with E-state index in [1.165, 1.54) is 0 Å². The molecule has 1 aromatic heterocycles. The third-order valence-electron chi connectivity index (χ3n) is 5.60. The van der Waals surface area contributed by atoms with Crippen LogP contribution in [0.4, 0.5) is 5.69 Å². The van der Waals surface area contributed by atoms with E-state index in [1.807, 2.05) is 42.5 Å². The summed E-state index contributed by atoms with van der Waals surface area (Å²) in [7, 11) is 2.14. The summed E-state index contributed by atoms with van der Waals surface area (Å²) in [6.45, 7) is 10.1. The molecule has 0 spiro atoms. The van der Waals surface area contributed by atoms with Crippen LogP contribution in [0.5, 0.6) is 0 Å². The van der Waals surface area contributed by atoms with Gasteiger partial charge in [0.05, 0.1) is 17.6 Å². The number of carbonyl (C=O) groups excluding carboxylic acids is 1. The van der Waals surface area contributed by atoms with E-state index in [2.05, 4.69) is 50.8 Å². The number of carbonyl (C=O) groups is 1. The molecule has 2 heterocycles. The maximum atomic E-state index is 12.7. The minimum absolute atomic E-state index is 0.266. The topological polar surface area (TPSA) is 61.4 Å². The zero-order chi connectivity index (χ0) is 21.8. The molecule has 31 heavy (non-hydrogen) atoms.